The van der Waals surface area contributed by atoms with Gasteiger partial charge in [-0.05, 0) is 50.3 Å². The van der Waals surface area contributed by atoms with Crippen LogP contribution in [0.25, 0.3) is 0 Å². The fourth-order valence-corrected chi connectivity index (χ4v) is 3.79. The van der Waals surface area contributed by atoms with Crippen LogP contribution in [0.1, 0.15) is 37.7 Å². The molecule has 4 rings (SSSR count). The second-order valence-electron chi connectivity index (χ2n) is 7.80. The maximum absolute atomic E-state index is 6.14. The van der Waals surface area contributed by atoms with E-state index in [0.29, 0.717) is 18.7 Å². The summed E-state index contributed by atoms with van der Waals surface area (Å²) in [6, 6.07) is 14.8. The molecule has 2 heterocycles. The molecule has 1 aliphatic heterocycles. The largest absolute Gasteiger partial charge is 0.490 e. The first-order valence-electron chi connectivity index (χ1n) is 10.7. The molecule has 1 saturated heterocycles. The Balaban J connectivity index is 1.26. The van der Waals surface area contributed by atoms with Crippen molar-refractivity contribution >= 4 is 11.8 Å². The van der Waals surface area contributed by atoms with E-state index in [0.717, 1.165) is 43.5 Å². The molecule has 29 heavy (non-hydrogen) atoms. The lowest BCUT2D eigenvalue weighted by atomic mass is 9.96. The molecule has 0 radical (unpaired) electrons. The van der Waals surface area contributed by atoms with Crippen LogP contribution in [-0.2, 0) is 6.54 Å². The Kier molecular flexibility index (Phi) is 6.49. The second-order valence-corrected chi connectivity index (χ2v) is 7.80. The van der Waals surface area contributed by atoms with Gasteiger partial charge in [-0.3, -0.25) is 4.99 Å². The quantitative estimate of drug-likeness (QED) is 0.582. The Hall–Kier alpha value is -2.76. The van der Waals surface area contributed by atoms with Crippen LogP contribution in [0.5, 0.6) is 5.75 Å². The Morgan fingerprint density at radius 3 is 2.59 bits per heavy atom. The summed E-state index contributed by atoms with van der Waals surface area (Å²) in [6.07, 6.45) is 8.00. The van der Waals surface area contributed by atoms with Gasteiger partial charge in [-0.2, -0.15) is 0 Å². The third kappa shape index (κ3) is 5.19. The molecular weight excluding hydrogens is 362 g/mol. The Morgan fingerprint density at radius 2 is 1.90 bits per heavy atom. The van der Waals surface area contributed by atoms with E-state index in [1.807, 2.05) is 31.4 Å². The molecule has 0 atom stereocenters. The van der Waals surface area contributed by atoms with Crippen molar-refractivity contribution in [3.8, 4) is 5.75 Å². The molecule has 0 amide bonds. The number of para-hydroxylation sites is 1. The normalized spacial score (nSPS) is 18.2. The number of piperidine rings is 1. The molecule has 6 heteroatoms. The van der Waals surface area contributed by atoms with Crippen LogP contribution < -0.4 is 20.3 Å². The summed E-state index contributed by atoms with van der Waals surface area (Å²) in [5.41, 5.74) is 1.17. The zero-order chi connectivity index (χ0) is 19.9. The summed E-state index contributed by atoms with van der Waals surface area (Å²) in [4.78, 5) is 11.2. The smallest absolute Gasteiger partial charge is 0.191 e. The summed E-state index contributed by atoms with van der Waals surface area (Å²) < 4.78 is 6.14. The van der Waals surface area contributed by atoms with Crippen molar-refractivity contribution in [1.82, 2.24) is 15.6 Å². The minimum Gasteiger partial charge on any atom is -0.490 e. The molecule has 2 fully saturated rings. The van der Waals surface area contributed by atoms with Crippen LogP contribution in [-0.4, -0.2) is 43.2 Å². The molecule has 1 aliphatic carbocycles. The lowest BCUT2D eigenvalue weighted by molar-refractivity contribution is 0.119. The standard InChI is InChI=1S/C23H31N5O/c1-24-23(26-17-18-7-2-3-10-21(18)29-20-8-6-9-20)27-19-12-15-28(16-13-19)22-11-4-5-14-25-22/h2-5,7,10-11,14,19-20H,6,8-9,12-13,15-17H2,1H3,(H2,24,26,27). The number of hydrogen-bond acceptors (Lipinski definition) is 4. The Morgan fingerprint density at radius 1 is 1.10 bits per heavy atom. The molecule has 2 aliphatic rings. The molecule has 6 nitrogen and oxygen atoms in total. The Bertz CT molecular complexity index is 798. The maximum atomic E-state index is 6.14. The molecule has 1 aromatic heterocycles. The van der Waals surface area contributed by atoms with Crippen molar-refractivity contribution < 1.29 is 4.74 Å². The first-order valence-corrected chi connectivity index (χ1v) is 10.7. The van der Waals surface area contributed by atoms with Crippen molar-refractivity contribution in [2.75, 3.05) is 25.0 Å². The van der Waals surface area contributed by atoms with E-state index in [2.05, 4.69) is 49.8 Å². The highest BCUT2D eigenvalue weighted by Crippen LogP contribution is 2.27. The van der Waals surface area contributed by atoms with E-state index in [1.165, 1.54) is 24.8 Å². The number of aromatic nitrogens is 1. The van der Waals surface area contributed by atoms with Crippen molar-refractivity contribution in [2.45, 2.75) is 50.8 Å². The molecule has 1 aromatic carbocycles. The predicted octanol–water partition coefficient (Wildman–Crippen LogP) is 3.35. The predicted molar refractivity (Wildman–Crippen MR) is 118 cm³/mol. The van der Waals surface area contributed by atoms with Crippen molar-refractivity contribution in [3.05, 3.63) is 54.2 Å². The number of rotatable bonds is 6. The highest BCUT2D eigenvalue weighted by Gasteiger charge is 2.22. The van der Waals surface area contributed by atoms with Gasteiger partial charge in [0, 0.05) is 44.5 Å². The van der Waals surface area contributed by atoms with Crippen LogP contribution >= 0.6 is 0 Å². The second kappa shape index (κ2) is 9.63. The first kappa shape index (κ1) is 19.6. The van der Waals surface area contributed by atoms with Gasteiger partial charge in [0.2, 0.25) is 0 Å². The van der Waals surface area contributed by atoms with Crippen LogP contribution in [0.2, 0.25) is 0 Å². The summed E-state index contributed by atoms with van der Waals surface area (Å²) in [7, 11) is 1.83. The SMILES string of the molecule is CN=C(NCc1ccccc1OC1CCC1)NC1CCN(c2ccccn2)CC1. The highest BCUT2D eigenvalue weighted by molar-refractivity contribution is 5.80. The molecular formula is C23H31N5O. The van der Waals surface area contributed by atoms with Gasteiger partial charge in [-0.1, -0.05) is 24.3 Å². The fourth-order valence-electron chi connectivity index (χ4n) is 3.79. The zero-order valence-corrected chi connectivity index (χ0v) is 17.2. The number of pyridine rings is 1. The van der Waals surface area contributed by atoms with Gasteiger partial charge in [0.1, 0.15) is 11.6 Å². The monoisotopic (exact) mass is 393 g/mol. The van der Waals surface area contributed by atoms with Gasteiger partial charge < -0.3 is 20.3 Å². The first-order chi connectivity index (χ1) is 14.3. The molecule has 2 aromatic rings. The van der Waals surface area contributed by atoms with E-state index in [1.54, 1.807) is 0 Å². The third-order valence-electron chi connectivity index (χ3n) is 5.80. The Labute approximate surface area is 173 Å². The number of ether oxygens (including phenoxy) is 1. The van der Waals surface area contributed by atoms with Gasteiger partial charge in [0.25, 0.3) is 0 Å². The summed E-state index contributed by atoms with van der Waals surface area (Å²) in [5.74, 6) is 2.90. The highest BCUT2D eigenvalue weighted by atomic mass is 16.5. The minimum absolute atomic E-state index is 0.387. The number of hydrogen-bond donors (Lipinski definition) is 2. The van der Waals surface area contributed by atoms with Crippen molar-refractivity contribution in [1.29, 1.82) is 0 Å². The van der Waals surface area contributed by atoms with Gasteiger partial charge in [-0.25, -0.2) is 4.98 Å². The maximum Gasteiger partial charge on any atom is 0.191 e. The van der Waals surface area contributed by atoms with Crippen LogP contribution in [0.15, 0.2) is 53.7 Å². The summed E-state index contributed by atoms with van der Waals surface area (Å²) >= 11 is 0. The van der Waals surface area contributed by atoms with E-state index in [4.69, 9.17) is 4.74 Å². The lowest BCUT2D eigenvalue weighted by Gasteiger charge is -2.33. The molecule has 0 unspecified atom stereocenters. The number of nitrogens with zero attached hydrogens (tertiary/aromatic N) is 3. The fraction of sp³-hybridized carbons (Fsp3) is 0.478. The van der Waals surface area contributed by atoms with Crippen LogP contribution in [0, 0.1) is 0 Å². The number of aliphatic imine (C=N–C) groups is 1. The van der Waals surface area contributed by atoms with E-state index < -0.39 is 0 Å². The van der Waals surface area contributed by atoms with Gasteiger partial charge in [0.05, 0.1) is 6.10 Å². The van der Waals surface area contributed by atoms with Gasteiger partial charge in [0.15, 0.2) is 5.96 Å². The van der Waals surface area contributed by atoms with Crippen molar-refractivity contribution in [2.24, 2.45) is 4.99 Å². The van der Waals surface area contributed by atoms with E-state index in [-0.39, 0.29) is 0 Å². The number of anilines is 1. The number of guanidine groups is 1. The summed E-state index contributed by atoms with van der Waals surface area (Å²) in [6.45, 7) is 2.71. The number of benzene rings is 1. The average Bonchev–Trinajstić information content (AvgIpc) is 2.75. The number of nitrogens with one attached hydrogen (secondary N) is 2. The lowest BCUT2D eigenvalue weighted by Crippen LogP contribution is -2.48. The van der Waals surface area contributed by atoms with E-state index in [9.17, 15) is 0 Å². The minimum atomic E-state index is 0.387. The molecule has 154 valence electrons. The topological polar surface area (TPSA) is 61.8 Å². The van der Waals surface area contributed by atoms with Crippen LogP contribution in [0.4, 0.5) is 5.82 Å². The van der Waals surface area contributed by atoms with Crippen LogP contribution in [0.3, 0.4) is 0 Å². The molecule has 0 spiro atoms. The van der Waals surface area contributed by atoms with Gasteiger partial charge >= 0.3 is 0 Å². The molecule has 1 saturated carbocycles. The van der Waals surface area contributed by atoms with Crippen molar-refractivity contribution in [3.63, 3.8) is 0 Å². The molecule has 0 bridgehead atoms. The third-order valence-corrected chi connectivity index (χ3v) is 5.80. The van der Waals surface area contributed by atoms with Gasteiger partial charge in [-0.15, -0.1) is 0 Å². The van der Waals surface area contributed by atoms with E-state index >= 15 is 0 Å². The molecule has 2 N–H and O–H groups in total. The average molecular weight is 394 g/mol. The summed E-state index contributed by atoms with van der Waals surface area (Å²) in [5, 5.41) is 7.04. The zero-order valence-electron chi connectivity index (χ0n) is 17.2.